The minimum absolute atomic E-state index is 0.0640. The number of benzene rings is 1. The highest BCUT2D eigenvalue weighted by molar-refractivity contribution is 9.10. The van der Waals surface area contributed by atoms with Gasteiger partial charge in [-0.1, -0.05) is 30.3 Å². The molecule has 0 aliphatic carbocycles. The summed E-state index contributed by atoms with van der Waals surface area (Å²) in [5.41, 5.74) is 2.10. The van der Waals surface area contributed by atoms with Gasteiger partial charge in [0.1, 0.15) is 0 Å². The van der Waals surface area contributed by atoms with Crippen LogP contribution in [0.2, 0.25) is 5.02 Å². The average Bonchev–Trinajstić information content (AvgIpc) is 2.36. The van der Waals surface area contributed by atoms with Gasteiger partial charge in [0.15, 0.2) is 5.17 Å². The third kappa shape index (κ3) is 3.67. The van der Waals surface area contributed by atoms with Crippen molar-refractivity contribution < 1.29 is 0 Å². The lowest BCUT2D eigenvalue weighted by molar-refractivity contribution is 0.443. The Bertz CT molecular complexity index is 518. The Kier molecular flexibility index (Phi) is 4.85. The van der Waals surface area contributed by atoms with Crippen LogP contribution >= 0.6 is 39.3 Å². The normalized spacial score (nSPS) is 23.1. The van der Waals surface area contributed by atoms with E-state index in [1.165, 1.54) is 0 Å². The van der Waals surface area contributed by atoms with Crippen LogP contribution in [0.3, 0.4) is 0 Å². The number of aliphatic imine (C=N–C) groups is 1. The Morgan fingerprint density at radius 1 is 1.53 bits per heavy atom. The van der Waals surface area contributed by atoms with Crippen LogP contribution in [0.5, 0.6) is 0 Å². The summed E-state index contributed by atoms with van der Waals surface area (Å²) in [5.74, 6) is 1.10. The molecule has 1 aromatic rings. The van der Waals surface area contributed by atoms with Crippen molar-refractivity contribution in [2.24, 2.45) is 4.99 Å². The third-order valence-corrected chi connectivity index (χ3v) is 5.44. The summed E-state index contributed by atoms with van der Waals surface area (Å²) >= 11 is 11.5. The maximum Gasteiger partial charge on any atom is 0.161 e. The zero-order valence-corrected chi connectivity index (χ0v) is 14.5. The molecular formula is C14H18BrClN2S. The monoisotopic (exact) mass is 360 g/mol. The van der Waals surface area contributed by atoms with Crippen molar-refractivity contribution in [3.8, 4) is 0 Å². The molecule has 104 valence electrons. The number of aryl methyl sites for hydroxylation is 1. The van der Waals surface area contributed by atoms with Crippen LogP contribution in [0.1, 0.15) is 32.3 Å². The fourth-order valence-corrected chi connectivity index (χ4v) is 3.80. The van der Waals surface area contributed by atoms with Crippen LogP contribution in [0, 0.1) is 6.92 Å². The largest absolute Gasteiger partial charge is 0.334 e. The van der Waals surface area contributed by atoms with E-state index >= 15 is 0 Å². The predicted molar refractivity (Wildman–Crippen MR) is 90.7 cm³/mol. The van der Waals surface area contributed by atoms with Gasteiger partial charge < -0.3 is 5.32 Å². The summed E-state index contributed by atoms with van der Waals surface area (Å²) in [6.45, 7) is 6.40. The molecule has 0 aromatic heterocycles. The van der Waals surface area contributed by atoms with E-state index in [0.717, 1.165) is 44.5 Å². The number of anilines is 1. The smallest absolute Gasteiger partial charge is 0.161 e. The Labute approximate surface area is 132 Å². The molecule has 1 unspecified atom stereocenters. The molecule has 0 amide bonds. The SMILES string of the molecule is CCC1(C)CCSC(Nc2cc(Cl)c(C)cc2Br)=N1. The second-order valence-corrected chi connectivity index (χ2v) is 7.42. The number of thioether (sulfide) groups is 1. The van der Waals surface area contributed by atoms with Crippen molar-refractivity contribution in [2.75, 3.05) is 11.1 Å². The van der Waals surface area contributed by atoms with E-state index in [0.29, 0.717) is 0 Å². The Balaban J connectivity index is 2.24. The molecule has 0 radical (unpaired) electrons. The molecule has 0 bridgehead atoms. The predicted octanol–water partition coefficient (Wildman–Crippen LogP) is 5.48. The lowest BCUT2D eigenvalue weighted by atomic mass is 9.97. The molecule has 0 saturated carbocycles. The van der Waals surface area contributed by atoms with Gasteiger partial charge in [0.25, 0.3) is 0 Å². The number of hydrogen-bond donors (Lipinski definition) is 1. The third-order valence-electron chi connectivity index (χ3n) is 3.50. The van der Waals surface area contributed by atoms with Gasteiger partial charge in [-0.3, -0.25) is 4.99 Å². The lowest BCUT2D eigenvalue weighted by Crippen LogP contribution is -2.29. The van der Waals surface area contributed by atoms with Crippen molar-refractivity contribution in [1.29, 1.82) is 0 Å². The average molecular weight is 362 g/mol. The molecule has 5 heteroatoms. The molecule has 1 aliphatic heterocycles. The number of nitrogens with zero attached hydrogens (tertiary/aromatic N) is 1. The highest BCUT2D eigenvalue weighted by Gasteiger charge is 2.26. The molecule has 0 spiro atoms. The van der Waals surface area contributed by atoms with Crippen molar-refractivity contribution in [1.82, 2.24) is 0 Å². The molecule has 1 aromatic carbocycles. The molecule has 1 atom stereocenters. The van der Waals surface area contributed by atoms with E-state index in [-0.39, 0.29) is 5.54 Å². The minimum atomic E-state index is 0.0640. The summed E-state index contributed by atoms with van der Waals surface area (Å²) in [4.78, 5) is 4.83. The van der Waals surface area contributed by atoms with Crippen LogP contribution in [-0.2, 0) is 0 Å². The van der Waals surface area contributed by atoms with Gasteiger partial charge in [-0.2, -0.15) is 0 Å². The van der Waals surface area contributed by atoms with Gasteiger partial charge in [0.2, 0.25) is 0 Å². The first-order valence-corrected chi connectivity index (χ1v) is 8.54. The second-order valence-electron chi connectivity index (χ2n) is 5.07. The summed E-state index contributed by atoms with van der Waals surface area (Å²) in [5, 5.41) is 5.14. The molecule has 1 heterocycles. The summed E-state index contributed by atoms with van der Waals surface area (Å²) in [6, 6.07) is 3.97. The van der Waals surface area contributed by atoms with Gasteiger partial charge in [-0.15, -0.1) is 0 Å². The molecule has 2 rings (SSSR count). The van der Waals surface area contributed by atoms with Crippen molar-refractivity contribution in [3.05, 3.63) is 27.2 Å². The van der Waals surface area contributed by atoms with Crippen molar-refractivity contribution >= 4 is 50.1 Å². The highest BCUT2D eigenvalue weighted by Crippen LogP contribution is 2.33. The van der Waals surface area contributed by atoms with Crippen LogP contribution < -0.4 is 5.32 Å². The van der Waals surface area contributed by atoms with E-state index in [1.54, 1.807) is 11.8 Å². The first-order chi connectivity index (χ1) is 8.93. The first kappa shape index (κ1) is 15.2. The maximum absolute atomic E-state index is 6.18. The molecule has 2 nitrogen and oxygen atoms in total. The molecular weight excluding hydrogens is 344 g/mol. The number of hydrogen-bond acceptors (Lipinski definition) is 3. The number of nitrogens with one attached hydrogen (secondary N) is 1. The van der Waals surface area contributed by atoms with Gasteiger partial charge >= 0.3 is 0 Å². The quantitative estimate of drug-likeness (QED) is 0.753. The molecule has 0 saturated heterocycles. The van der Waals surface area contributed by atoms with Crippen LogP contribution in [0.15, 0.2) is 21.6 Å². The molecule has 0 fully saturated rings. The molecule has 19 heavy (non-hydrogen) atoms. The van der Waals surface area contributed by atoms with E-state index in [9.17, 15) is 0 Å². The topological polar surface area (TPSA) is 24.4 Å². The van der Waals surface area contributed by atoms with E-state index in [4.69, 9.17) is 16.6 Å². The zero-order chi connectivity index (χ0) is 14.0. The number of halogens is 2. The maximum atomic E-state index is 6.18. The van der Waals surface area contributed by atoms with Crippen LogP contribution in [-0.4, -0.2) is 16.5 Å². The minimum Gasteiger partial charge on any atom is -0.334 e. The highest BCUT2D eigenvalue weighted by atomic mass is 79.9. The fraction of sp³-hybridized carbons (Fsp3) is 0.500. The van der Waals surface area contributed by atoms with E-state index in [2.05, 4.69) is 35.1 Å². The van der Waals surface area contributed by atoms with Crippen LogP contribution in [0.25, 0.3) is 0 Å². The number of amidine groups is 1. The number of rotatable bonds is 2. The standard InChI is InChI=1S/C14H18BrClN2S/c1-4-14(3)5-6-19-13(18-14)17-12-8-11(16)9(2)7-10(12)15/h7-8H,4-6H2,1-3H3,(H,17,18). The molecule has 1 aliphatic rings. The van der Waals surface area contributed by atoms with Crippen LogP contribution in [0.4, 0.5) is 5.69 Å². The lowest BCUT2D eigenvalue weighted by Gasteiger charge is -2.29. The van der Waals surface area contributed by atoms with E-state index in [1.807, 2.05) is 19.1 Å². The van der Waals surface area contributed by atoms with Gasteiger partial charge in [0, 0.05) is 15.2 Å². The zero-order valence-electron chi connectivity index (χ0n) is 11.4. The first-order valence-electron chi connectivity index (χ1n) is 6.39. The summed E-state index contributed by atoms with van der Waals surface area (Å²) in [6.07, 6.45) is 2.20. The summed E-state index contributed by atoms with van der Waals surface area (Å²) in [7, 11) is 0. The Hall–Kier alpha value is -0.190. The Morgan fingerprint density at radius 2 is 2.26 bits per heavy atom. The van der Waals surface area contributed by atoms with Gasteiger partial charge in [-0.05, 0) is 60.3 Å². The summed E-state index contributed by atoms with van der Waals surface area (Å²) < 4.78 is 1.02. The van der Waals surface area contributed by atoms with Crippen molar-refractivity contribution in [3.63, 3.8) is 0 Å². The second kappa shape index (κ2) is 6.06. The van der Waals surface area contributed by atoms with Crippen molar-refractivity contribution in [2.45, 2.75) is 39.2 Å². The fourth-order valence-electron chi connectivity index (χ4n) is 1.88. The van der Waals surface area contributed by atoms with E-state index < -0.39 is 0 Å². The van der Waals surface area contributed by atoms with Gasteiger partial charge in [-0.25, -0.2) is 0 Å². The Morgan fingerprint density at radius 3 is 2.95 bits per heavy atom. The molecule has 1 N–H and O–H groups in total. The van der Waals surface area contributed by atoms with Gasteiger partial charge in [0.05, 0.1) is 11.2 Å².